The van der Waals surface area contributed by atoms with Gasteiger partial charge in [-0.25, -0.2) is 13.1 Å². The minimum atomic E-state index is -4.49. The molecule has 0 amide bonds. The topological polar surface area (TPSA) is 46.2 Å². The van der Waals surface area contributed by atoms with Gasteiger partial charge in [0.2, 0.25) is 10.0 Å². The number of sulfonamides is 1. The SMILES string of the molecule is CC(CCNS(=O)(=O)c1ccc(C(F)(F)F)cc1)c1ccccc1. The number of halogens is 3. The van der Waals surface area contributed by atoms with Crippen molar-refractivity contribution < 1.29 is 21.6 Å². The molecule has 0 saturated heterocycles. The quantitative estimate of drug-likeness (QED) is 0.843. The lowest BCUT2D eigenvalue weighted by atomic mass is 9.98. The number of rotatable bonds is 6. The van der Waals surface area contributed by atoms with Crippen molar-refractivity contribution in [3.63, 3.8) is 0 Å². The first-order valence-corrected chi connectivity index (χ1v) is 8.90. The average molecular weight is 357 g/mol. The van der Waals surface area contributed by atoms with Crippen molar-refractivity contribution in [2.24, 2.45) is 0 Å². The van der Waals surface area contributed by atoms with Crippen LogP contribution in [-0.4, -0.2) is 15.0 Å². The van der Waals surface area contributed by atoms with Crippen molar-refractivity contribution >= 4 is 10.0 Å². The summed E-state index contributed by atoms with van der Waals surface area (Å²) >= 11 is 0. The molecule has 2 aromatic rings. The van der Waals surface area contributed by atoms with E-state index >= 15 is 0 Å². The van der Waals surface area contributed by atoms with Crippen LogP contribution in [0.2, 0.25) is 0 Å². The van der Waals surface area contributed by atoms with Crippen LogP contribution in [-0.2, 0) is 16.2 Å². The minimum absolute atomic E-state index is 0.168. The van der Waals surface area contributed by atoms with Gasteiger partial charge in [-0.05, 0) is 42.2 Å². The van der Waals surface area contributed by atoms with Crippen molar-refractivity contribution in [3.05, 3.63) is 65.7 Å². The minimum Gasteiger partial charge on any atom is -0.211 e. The molecular formula is C17H18F3NO2S. The second-order valence-electron chi connectivity index (χ2n) is 5.52. The lowest BCUT2D eigenvalue weighted by molar-refractivity contribution is -0.137. The molecule has 7 heteroatoms. The molecule has 0 fully saturated rings. The van der Waals surface area contributed by atoms with E-state index < -0.39 is 21.8 Å². The number of hydrogen-bond acceptors (Lipinski definition) is 2. The van der Waals surface area contributed by atoms with Crippen LogP contribution >= 0.6 is 0 Å². The van der Waals surface area contributed by atoms with E-state index in [0.29, 0.717) is 6.42 Å². The number of nitrogens with one attached hydrogen (secondary N) is 1. The second-order valence-corrected chi connectivity index (χ2v) is 7.29. The van der Waals surface area contributed by atoms with Gasteiger partial charge < -0.3 is 0 Å². The van der Waals surface area contributed by atoms with E-state index in [9.17, 15) is 21.6 Å². The van der Waals surface area contributed by atoms with Crippen LogP contribution < -0.4 is 4.72 Å². The summed E-state index contributed by atoms with van der Waals surface area (Å²) in [6, 6.07) is 13.1. The molecule has 0 bridgehead atoms. The van der Waals surface area contributed by atoms with Gasteiger partial charge >= 0.3 is 6.18 Å². The third kappa shape index (κ3) is 4.82. The van der Waals surface area contributed by atoms with Crippen molar-refractivity contribution in [2.75, 3.05) is 6.54 Å². The standard InChI is InChI=1S/C17H18F3NO2S/c1-13(14-5-3-2-4-6-14)11-12-21-24(22,23)16-9-7-15(8-10-16)17(18,19)20/h2-10,13,21H,11-12H2,1H3. The van der Waals surface area contributed by atoms with Crippen LogP contribution in [0.5, 0.6) is 0 Å². The molecule has 0 saturated carbocycles. The predicted molar refractivity (Wildman–Crippen MR) is 86.1 cm³/mol. The molecule has 0 aliphatic rings. The van der Waals surface area contributed by atoms with Gasteiger partial charge in [0, 0.05) is 6.54 Å². The molecule has 2 aromatic carbocycles. The second kappa shape index (κ2) is 7.36. The van der Waals surface area contributed by atoms with Crippen molar-refractivity contribution in [1.82, 2.24) is 4.72 Å². The third-order valence-corrected chi connectivity index (χ3v) is 5.21. The fraction of sp³-hybridized carbons (Fsp3) is 0.294. The third-order valence-electron chi connectivity index (χ3n) is 3.73. The Bertz CT molecular complexity index is 757. The Labute approximate surface area is 139 Å². The highest BCUT2D eigenvalue weighted by molar-refractivity contribution is 7.89. The molecule has 0 radical (unpaired) electrons. The summed E-state index contributed by atoms with van der Waals surface area (Å²) in [4.78, 5) is -0.178. The van der Waals surface area contributed by atoms with Gasteiger partial charge in [-0.3, -0.25) is 0 Å². The van der Waals surface area contributed by atoms with E-state index in [1.165, 1.54) is 0 Å². The summed E-state index contributed by atoms with van der Waals surface area (Å²) in [5.74, 6) is 0.168. The normalized spacial score (nSPS) is 13.7. The Kier molecular flexibility index (Phi) is 5.66. The molecular weight excluding hydrogens is 339 g/mol. The first-order chi connectivity index (χ1) is 11.2. The van der Waals surface area contributed by atoms with E-state index in [1.54, 1.807) is 0 Å². The lowest BCUT2D eigenvalue weighted by Crippen LogP contribution is -2.25. The molecule has 0 heterocycles. The summed E-state index contributed by atoms with van der Waals surface area (Å²) in [6.07, 6.45) is -3.90. The van der Waals surface area contributed by atoms with E-state index in [4.69, 9.17) is 0 Å². The van der Waals surface area contributed by atoms with Crippen molar-refractivity contribution in [3.8, 4) is 0 Å². The Hall–Kier alpha value is -1.86. The van der Waals surface area contributed by atoms with Gasteiger partial charge in [-0.1, -0.05) is 37.3 Å². The number of alkyl halides is 3. The monoisotopic (exact) mass is 357 g/mol. The lowest BCUT2D eigenvalue weighted by Gasteiger charge is -2.13. The maximum atomic E-state index is 12.5. The number of hydrogen-bond donors (Lipinski definition) is 1. The van der Waals surface area contributed by atoms with Gasteiger partial charge in [-0.15, -0.1) is 0 Å². The summed E-state index contributed by atoms with van der Waals surface area (Å²) in [5, 5.41) is 0. The highest BCUT2D eigenvalue weighted by Crippen LogP contribution is 2.29. The Morgan fingerprint density at radius 1 is 1.00 bits per heavy atom. The number of benzene rings is 2. The molecule has 1 atom stereocenters. The molecule has 130 valence electrons. The highest BCUT2D eigenvalue weighted by atomic mass is 32.2. The molecule has 1 N–H and O–H groups in total. The Morgan fingerprint density at radius 3 is 2.12 bits per heavy atom. The average Bonchev–Trinajstić information content (AvgIpc) is 2.55. The molecule has 0 aliphatic carbocycles. The van der Waals surface area contributed by atoms with Crippen molar-refractivity contribution in [2.45, 2.75) is 30.3 Å². The molecule has 0 spiro atoms. The van der Waals surface area contributed by atoms with Crippen LogP contribution in [0.4, 0.5) is 13.2 Å². The maximum absolute atomic E-state index is 12.5. The summed E-state index contributed by atoms with van der Waals surface area (Å²) in [5.41, 5.74) is 0.227. The molecule has 0 aliphatic heterocycles. The van der Waals surface area contributed by atoms with Crippen LogP contribution in [0, 0.1) is 0 Å². The summed E-state index contributed by atoms with van der Waals surface area (Å²) in [6.45, 7) is 2.20. The fourth-order valence-electron chi connectivity index (χ4n) is 2.26. The van der Waals surface area contributed by atoms with Gasteiger partial charge in [-0.2, -0.15) is 13.2 Å². The molecule has 0 aromatic heterocycles. The first kappa shape index (κ1) is 18.5. The zero-order valence-electron chi connectivity index (χ0n) is 13.0. The van der Waals surface area contributed by atoms with Gasteiger partial charge in [0.25, 0.3) is 0 Å². The van der Waals surface area contributed by atoms with Crippen LogP contribution in [0.3, 0.4) is 0 Å². The predicted octanol–water partition coefficient (Wildman–Crippen LogP) is 4.18. The fourth-order valence-corrected chi connectivity index (χ4v) is 3.31. The van der Waals surface area contributed by atoms with Crippen LogP contribution in [0.1, 0.15) is 30.4 Å². The van der Waals surface area contributed by atoms with Gasteiger partial charge in [0.1, 0.15) is 0 Å². The van der Waals surface area contributed by atoms with Gasteiger partial charge in [0.15, 0.2) is 0 Å². The zero-order valence-corrected chi connectivity index (χ0v) is 13.9. The molecule has 2 rings (SSSR count). The maximum Gasteiger partial charge on any atom is 0.416 e. The summed E-state index contributed by atoms with van der Waals surface area (Å²) in [7, 11) is -3.82. The zero-order chi connectivity index (χ0) is 17.8. The Morgan fingerprint density at radius 2 is 1.58 bits per heavy atom. The summed E-state index contributed by atoms with van der Waals surface area (Å²) < 4.78 is 64.2. The van der Waals surface area contributed by atoms with Crippen LogP contribution in [0.15, 0.2) is 59.5 Å². The van der Waals surface area contributed by atoms with E-state index in [-0.39, 0.29) is 17.4 Å². The first-order valence-electron chi connectivity index (χ1n) is 7.42. The van der Waals surface area contributed by atoms with Crippen molar-refractivity contribution in [1.29, 1.82) is 0 Å². The molecule has 24 heavy (non-hydrogen) atoms. The largest absolute Gasteiger partial charge is 0.416 e. The van der Waals surface area contributed by atoms with E-state index in [1.807, 2.05) is 37.3 Å². The molecule has 1 unspecified atom stereocenters. The van der Waals surface area contributed by atoms with Gasteiger partial charge in [0.05, 0.1) is 10.5 Å². The smallest absolute Gasteiger partial charge is 0.211 e. The molecule has 3 nitrogen and oxygen atoms in total. The Balaban J connectivity index is 1.96. The van der Waals surface area contributed by atoms with Crippen LogP contribution in [0.25, 0.3) is 0 Å². The van der Waals surface area contributed by atoms with E-state index in [2.05, 4.69) is 4.72 Å². The van der Waals surface area contributed by atoms with E-state index in [0.717, 1.165) is 29.8 Å². The highest BCUT2D eigenvalue weighted by Gasteiger charge is 2.30.